The Morgan fingerprint density at radius 2 is 1.42 bits per heavy atom. The van der Waals surface area contributed by atoms with Crippen LogP contribution in [0.15, 0.2) is 91.0 Å². The first-order valence-electron chi connectivity index (χ1n) is 16.0. The summed E-state index contributed by atoms with van der Waals surface area (Å²) < 4.78 is 13.7. The van der Waals surface area contributed by atoms with Gasteiger partial charge in [-0.3, -0.25) is 28.8 Å². The fourth-order valence-electron chi connectivity index (χ4n) is 5.53. The maximum atomic E-state index is 13.9. The molecular formula is C37H33ClFN5O8. The number of halogens is 2. The third-order valence-electron chi connectivity index (χ3n) is 8.09. The molecule has 1 aromatic heterocycles. The Kier molecular flexibility index (Phi) is 11.8. The summed E-state index contributed by atoms with van der Waals surface area (Å²) in [7, 11) is 0. The average molecular weight is 730 g/mol. The van der Waals surface area contributed by atoms with Crippen molar-refractivity contribution in [2.24, 2.45) is 0 Å². The average Bonchev–Trinajstić information content (AvgIpc) is 3.52. The zero-order valence-electron chi connectivity index (χ0n) is 27.3. The van der Waals surface area contributed by atoms with E-state index in [0.717, 1.165) is 22.9 Å². The Balaban J connectivity index is 1.38. The van der Waals surface area contributed by atoms with E-state index in [9.17, 15) is 43.4 Å². The van der Waals surface area contributed by atoms with Gasteiger partial charge >= 0.3 is 11.9 Å². The van der Waals surface area contributed by atoms with Crippen molar-refractivity contribution >= 4 is 74.5 Å². The third kappa shape index (κ3) is 9.91. The summed E-state index contributed by atoms with van der Waals surface area (Å²) in [6.07, 6.45) is -1.95. The molecule has 0 aliphatic rings. The zero-order valence-corrected chi connectivity index (χ0v) is 28.1. The van der Waals surface area contributed by atoms with Gasteiger partial charge in [0, 0.05) is 34.5 Å². The van der Waals surface area contributed by atoms with Crippen LogP contribution < -0.4 is 21.3 Å². The molecule has 52 heavy (non-hydrogen) atoms. The largest absolute Gasteiger partial charge is 0.481 e. The number of benzene rings is 4. The van der Waals surface area contributed by atoms with Crippen molar-refractivity contribution < 1.29 is 43.4 Å². The highest BCUT2D eigenvalue weighted by molar-refractivity contribution is 6.31. The standard InChI is InChI=1S/C37H33ClFN5O8/c38-24-10-11-27-23(16-24)17-30(41-27)36(51)43-29(15-20-8-9-21-4-1-2-5-22(21)14-20)35(50)44-31(19-33(47)48)37(52)42-28(12-13-32(45)46)34(49)40-26-7-3-6-25(39)18-26/h1-11,14,16-18,28-29,31,41H,12-13,15,19H2,(H,40,49)(H,42,52)(H,43,51)(H,44,50)(H,45,46)(H,47,48)/t28-,29-,31-/m0/s1. The van der Waals surface area contributed by atoms with Crippen molar-refractivity contribution in [3.05, 3.63) is 113 Å². The number of aromatic nitrogens is 1. The van der Waals surface area contributed by atoms with Gasteiger partial charge in [-0.25, -0.2) is 4.39 Å². The van der Waals surface area contributed by atoms with Gasteiger partial charge in [0.05, 0.1) is 6.42 Å². The number of carbonyl (C=O) groups is 6. The van der Waals surface area contributed by atoms with Crippen molar-refractivity contribution in [1.82, 2.24) is 20.9 Å². The summed E-state index contributed by atoms with van der Waals surface area (Å²) in [4.78, 5) is 80.1. The highest BCUT2D eigenvalue weighted by Gasteiger charge is 2.32. The van der Waals surface area contributed by atoms with E-state index in [-0.39, 0.29) is 17.8 Å². The maximum Gasteiger partial charge on any atom is 0.305 e. The van der Waals surface area contributed by atoms with E-state index in [0.29, 0.717) is 21.5 Å². The lowest BCUT2D eigenvalue weighted by molar-refractivity contribution is -0.141. The van der Waals surface area contributed by atoms with Gasteiger partial charge in [-0.2, -0.15) is 0 Å². The summed E-state index contributed by atoms with van der Waals surface area (Å²) in [5, 5.41) is 31.5. The number of carbonyl (C=O) groups excluding carboxylic acids is 4. The van der Waals surface area contributed by atoms with Crippen LogP contribution in [-0.2, 0) is 30.4 Å². The minimum atomic E-state index is -1.76. The molecule has 268 valence electrons. The van der Waals surface area contributed by atoms with Crippen LogP contribution >= 0.6 is 11.6 Å². The fraction of sp³-hybridized carbons (Fsp3) is 0.189. The topological polar surface area (TPSA) is 207 Å². The molecule has 0 spiro atoms. The molecule has 0 saturated carbocycles. The molecule has 4 aromatic carbocycles. The molecule has 0 aliphatic carbocycles. The smallest absolute Gasteiger partial charge is 0.305 e. The van der Waals surface area contributed by atoms with E-state index < -0.39 is 78.8 Å². The van der Waals surface area contributed by atoms with Crippen LogP contribution in [-0.4, -0.2) is 68.9 Å². The minimum absolute atomic E-state index is 0.0281. The lowest BCUT2D eigenvalue weighted by Crippen LogP contribution is -2.57. The summed E-state index contributed by atoms with van der Waals surface area (Å²) >= 11 is 6.09. The lowest BCUT2D eigenvalue weighted by atomic mass is 10.0. The van der Waals surface area contributed by atoms with E-state index in [1.165, 1.54) is 12.1 Å². The van der Waals surface area contributed by atoms with Gasteiger partial charge in [0.2, 0.25) is 17.7 Å². The monoisotopic (exact) mass is 729 g/mol. The second-order valence-electron chi connectivity index (χ2n) is 12.0. The Labute approximate surface area is 300 Å². The van der Waals surface area contributed by atoms with Gasteiger partial charge in [0.1, 0.15) is 29.6 Å². The quantitative estimate of drug-likeness (QED) is 0.0820. The van der Waals surface area contributed by atoms with Gasteiger partial charge in [0.15, 0.2) is 0 Å². The summed E-state index contributed by atoms with van der Waals surface area (Å²) in [5.41, 5.74) is 1.39. The van der Waals surface area contributed by atoms with E-state index in [2.05, 4.69) is 26.3 Å². The Morgan fingerprint density at radius 1 is 0.692 bits per heavy atom. The van der Waals surface area contributed by atoms with Crippen LogP contribution in [0.2, 0.25) is 5.02 Å². The number of amides is 4. The van der Waals surface area contributed by atoms with E-state index in [1.54, 1.807) is 30.3 Å². The summed E-state index contributed by atoms with van der Waals surface area (Å²) in [5.74, 6) is -7.00. The number of nitrogens with one attached hydrogen (secondary N) is 5. The molecule has 7 N–H and O–H groups in total. The summed E-state index contributed by atoms with van der Waals surface area (Å²) in [6.45, 7) is 0. The first-order valence-corrected chi connectivity index (χ1v) is 16.4. The Hall–Kier alpha value is -6.28. The van der Waals surface area contributed by atoms with E-state index in [4.69, 9.17) is 11.6 Å². The molecule has 0 saturated heterocycles. The molecule has 0 aliphatic heterocycles. The Bertz CT molecular complexity index is 2170. The summed E-state index contributed by atoms with van der Waals surface area (Å²) in [6, 6.07) is 19.7. The number of carboxylic acid groups (broad SMARTS) is 2. The van der Waals surface area contributed by atoms with Crippen LogP contribution in [0.5, 0.6) is 0 Å². The molecule has 0 fully saturated rings. The SMILES string of the molecule is O=C(O)CC[C@H](NC(=O)[C@H](CC(=O)O)NC(=O)[C@H](Cc1ccc2ccccc2c1)NC(=O)c1cc2cc(Cl)ccc2[nH]1)C(=O)Nc1cccc(F)c1. The van der Waals surface area contributed by atoms with Gasteiger partial charge in [-0.05, 0) is 65.2 Å². The number of hydrogen-bond donors (Lipinski definition) is 7. The van der Waals surface area contributed by atoms with Gasteiger partial charge < -0.3 is 36.5 Å². The predicted octanol–water partition coefficient (Wildman–Crippen LogP) is 4.40. The molecule has 15 heteroatoms. The number of rotatable bonds is 15. The number of carboxylic acids is 2. The maximum absolute atomic E-state index is 13.9. The highest BCUT2D eigenvalue weighted by Crippen LogP contribution is 2.21. The second kappa shape index (κ2) is 16.6. The highest BCUT2D eigenvalue weighted by atomic mass is 35.5. The molecule has 5 rings (SSSR count). The fourth-order valence-corrected chi connectivity index (χ4v) is 5.71. The first-order chi connectivity index (χ1) is 24.8. The van der Waals surface area contributed by atoms with Crippen LogP contribution in [0.3, 0.4) is 0 Å². The zero-order chi connectivity index (χ0) is 37.4. The minimum Gasteiger partial charge on any atom is -0.481 e. The number of aliphatic carboxylic acids is 2. The molecule has 3 atom stereocenters. The van der Waals surface area contributed by atoms with Crippen LogP contribution in [0, 0.1) is 5.82 Å². The normalized spacial score (nSPS) is 12.7. The molecule has 4 amide bonds. The first kappa shape index (κ1) is 37.0. The van der Waals surface area contributed by atoms with Gasteiger partial charge in [-0.1, -0.05) is 60.1 Å². The number of anilines is 1. The second-order valence-corrected chi connectivity index (χ2v) is 12.4. The van der Waals surface area contributed by atoms with Crippen molar-refractivity contribution in [3.8, 4) is 0 Å². The van der Waals surface area contributed by atoms with Crippen LogP contribution in [0.1, 0.15) is 35.3 Å². The van der Waals surface area contributed by atoms with Crippen LogP contribution in [0.4, 0.5) is 10.1 Å². The van der Waals surface area contributed by atoms with Crippen molar-refractivity contribution in [1.29, 1.82) is 0 Å². The van der Waals surface area contributed by atoms with E-state index in [1.807, 2.05) is 36.4 Å². The number of fused-ring (bicyclic) bond motifs is 2. The molecular weight excluding hydrogens is 697 g/mol. The molecule has 13 nitrogen and oxygen atoms in total. The molecule has 0 bridgehead atoms. The number of H-pyrrole nitrogens is 1. The molecule has 0 unspecified atom stereocenters. The lowest BCUT2D eigenvalue weighted by Gasteiger charge is -2.24. The van der Waals surface area contributed by atoms with E-state index >= 15 is 0 Å². The van der Waals surface area contributed by atoms with Crippen molar-refractivity contribution in [3.63, 3.8) is 0 Å². The molecule has 0 radical (unpaired) electrons. The van der Waals surface area contributed by atoms with Crippen LogP contribution in [0.25, 0.3) is 21.7 Å². The van der Waals surface area contributed by atoms with Gasteiger partial charge in [-0.15, -0.1) is 0 Å². The van der Waals surface area contributed by atoms with Crippen molar-refractivity contribution in [2.75, 3.05) is 5.32 Å². The third-order valence-corrected chi connectivity index (χ3v) is 8.32. The predicted molar refractivity (Wildman–Crippen MR) is 190 cm³/mol. The number of aromatic amines is 1. The van der Waals surface area contributed by atoms with Gasteiger partial charge in [0.25, 0.3) is 5.91 Å². The Morgan fingerprint density at radius 3 is 2.15 bits per heavy atom. The molecule has 1 heterocycles. The molecule has 5 aromatic rings. The number of hydrogen-bond acceptors (Lipinski definition) is 6. The van der Waals surface area contributed by atoms with Crippen molar-refractivity contribution in [2.45, 2.75) is 43.8 Å².